The minimum atomic E-state index is -0.529. The Morgan fingerprint density at radius 3 is 2.65 bits per heavy atom. The summed E-state index contributed by atoms with van der Waals surface area (Å²) in [6.45, 7) is 0.450. The number of anilines is 1. The van der Waals surface area contributed by atoms with Crippen molar-refractivity contribution in [2.45, 2.75) is 6.54 Å². The standard InChI is InChI=1S/C17H13Cl2N3O/c18-14-5-3-4-12(8-14)10-21-11-13(9-20)17(23)22-16-7-2-1-6-15(16)19/h1-8,11,21H,10H2,(H,22,23)/b13-11-. The molecule has 0 aliphatic heterocycles. The summed E-state index contributed by atoms with van der Waals surface area (Å²) in [7, 11) is 0. The van der Waals surface area contributed by atoms with Crippen molar-refractivity contribution in [3.05, 3.63) is 75.9 Å². The molecule has 2 aromatic rings. The molecule has 2 N–H and O–H groups in total. The Hall–Kier alpha value is -2.48. The first kappa shape index (κ1) is 16.9. The number of amides is 1. The number of halogens is 2. The molecule has 0 fully saturated rings. The van der Waals surface area contributed by atoms with Gasteiger partial charge >= 0.3 is 0 Å². The summed E-state index contributed by atoms with van der Waals surface area (Å²) in [5.74, 6) is -0.529. The first-order valence-electron chi connectivity index (χ1n) is 6.74. The molecule has 23 heavy (non-hydrogen) atoms. The van der Waals surface area contributed by atoms with Crippen LogP contribution < -0.4 is 10.6 Å². The van der Waals surface area contributed by atoms with E-state index in [0.29, 0.717) is 22.3 Å². The number of hydrogen-bond acceptors (Lipinski definition) is 3. The van der Waals surface area contributed by atoms with E-state index in [-0.39, 0.29) is 5.57 Å². The second kappa shape index (κ2) is 8.23. The second-order valence-corrected chi connectivity index (χ2v) is 5.46. The van der Waals surface area contributed by atoms with Crippen LogP contribution in [0.4, 0.5) is 5.69 Å². The van der Waals surface area contributed by atoms with E-state index in [1.807, 2.05) is 18.2 Å². The smallest absolute Gasteiger partial charge is 0.267 e. The van der Waals surface area contributed by atoms with Gasteiger partial charge in [-0.1, -0.05) is 47.5 Å². The molecule has 0 aliphatic carbocycles. The van der Waals surface area contributed by atoms with Crippen molar-refractivity contribution < 1.29 is 4.79 Å². The molecule has 4 nitrogen and oxygen atoms in total. The third-order valence-electron chi connectivity index (χ3n) is 2.93. The summed E-state index contributed by atoms with van der Waals surface area (Å²) in [6, 6.07) is 16.0. The molecule has 0 heterocycles. The lowest BCUT2D eigenvalue weighted by atomic mass is 10.2. The number of nitrogens with one attached hydrogen (secondary N) is 2. The molecule has 0 aliphatic rings. The zero-order chi connectivity index (χ0) is 16.7. The zero-order valence-electron chi connectivity index (χ0n) is 12.0. The molecular weight excluding hydrogens is 333 g/mol. The van der Waals surface area contributed by atoms with Gasteiger partial charge in [0.2, 0.25) is 0 Å². The highest BCUT2D eigenvalue weighted by molar-refractivity contribution is 6.34. The highest BCUT2D eigenvalue weighted by Crippen LogP contribution is 2.20. The summed E-state index contributed by atoms with van der Waals surface area (Å²) >= 11 is 11.9. The van der Waals surface area contributed by atoms with Crippen LogP contribution in [-0.4, -0.2) is 5.91 Å². The average Bonchev–Trinajstić information content (AvgIpc) is 2.54. The fraction of sp³-hybridized carbons (Fsp3) is 0.0588. The summed E-state index contributed by atoms with van der Waals surface area (Å²) in [6.07, 6.45) is 1.37. The first-order valence-corrected chi connectivity index (χ1v) is 7.49. The molecule has 6 heteroatoms. The van der Waals surface area contributed by atoms with Gasteiger partial charge in [0.05, 0.1) is 10.7 Å². The number of nitriles is 1. The van der Waals surface area contributed by atoms with Crippen LogP contribution in [0, 0.1) is 11.3 Å². The molecule has 0 atom stereocenters. The zero-order valence-corrected chi connectivity index (χ0v) is 13.5. The average molecular weight is 346 g/mol. The number of rotatable bonds is 5. The molecule has 0 bridgehead atoms. The topological polar surface area (TPSA) is 64.9 Å². The largest absolute Gasteiger partial charge is 0.386 e. The predicted octanol–water partition coefficient (Wildman–Crippen LogP) is 4.13. The molecule has 0 radical (unpaired) electrons. The van der Waals surface area contributed by atoms with Crippen molar-refractivity contribution in [1.29, 1.82) is 5.26 Å². The lowest BCUT2D eigenvalue weighted by molar-refractivity contribution is -0.112. The van der Waals surface area contributed by atoms with E-state index in [0.717, 1.165) is 5.56 Å². The molecule has 0 aromatic heterocycles. The van der Waals surface area contributed by atoms with Gasteiger partial charge < -0.3 is 10.6 Å². The maximum atomic E-state index is 12.1. The number of para-hydroxylation sites is 1. The number of nitrogens with zero attached hydrogens (tertiary/aromatic N) is 1. The van der Waals surface area contributed by atoms with Crippen LogP contribution in [0.2, 0.25) is 10.0 Å². The predicted molar refractivity (Wildman–Crippen MR) is 92.1 cm³/mol. The molecule has 0 saturated carbocycles. The Kier molecular flexibility index (Phi) is 6.04. The lowest BCUT2D eigenvalue weighted by Crippen LogP contribution is -2.16. The third-order valence-corrected chi connectivity index (χ3v) is 3.49. The first-order chi connectivity index (χ1) is 11.1. The van der Waals surface area contributed by atoms with Gasteiger partial charge in [0.25, 0.3) is 5.91 Å². The van der Waals surface area contributed by atoms with E-state index in [1.165, 1.54) is 6.20 Å². The van der Waals surface area contributed by atoms with Crippen molar-refractivity contribution in [1.82, 2.24) is 5.32 Å². The number of carbonyl (C=O) groups is 1. The Labute approximate surface area is 144 Å². The Morgan fingerprint density at radius 1 is 1.17 bits per heavy atom. The monoisotopic (exact) mass is 345 g/mol. The van der Waals surface area contributed by atoms with Crippen LogP contribution in [-0.2, 0) is 11.3 Å². The Bertz CT molecular complexity index is 781. The molecule has 0 unspecified atom stereocenters. The van der Waals surface area contributed by atoms with Crippen molar-refractivity contribution in [2.75, 3.05) is 5.32 Å². The SMILES string of the molecule is N#C/C(=C/NCc1cccc(Cl)c1)C(=O)Nc1ccccc1Cl. The molecular formula is C17H13Cl2N3O. The summed E-state index contributed by atoms with van der Waals surface area (Å²) in [5, 5.41) is 15.7. The fourth-order valence-electron chi connectivity index (χ4n) is 1.82. The molecule has 0 saturated heterocycles. The van der Waals surface area contributed by atoms with E-state index < -0.39 is 5.91 Å². The van der Waals surface area contributed by atoms with E-state index in [4.69, 9.17) is 28.5 Å². The summed E-state index contributed by atoms with van der Waals surface area (Å²) in [5.41, 5.74) is 1.35. The van der Waals surface area contributed by atoms with Crippen molar-refractivity contribution in [3.8, 4) is 6.07 Å². The van der Waals surface area contributed by atoms with Crippen LogP contribution >= 0.6 is 23.2 Å². The molecule has 0 spiro atoms. The van der Waals surface area contributed by atoms with Crippen LogP contribution in [0.15, 0.2) is 60.3 Å². The van der Waals surface area contributed by atoms with Gasteiger partial charge in [-0.2, -0.15) is 5.26 Å². The van der Waals surface area contributed by atoms with Gasteiger partial charge in [0, 0.05) is 17.8 Å². The quantitative estimate of drug-likeness (QED) is 0.632. The van der Waals surface area contributed by atoms with Gasteiger partial charge in [-0.25, -0.2) is 0 Å². The van der Waals surface area contributed by atoms with Gasteiger partial charge in [-0.15, -0.1) is 0 Å². The van der Waals surface area contributed by atoms with Gasteiger partial charge in [-0.05, 0) is 29.8 Å². The van der Waals surface area contributed by atoms with Crippen molar-refractivity contribution in [3.63, 3.8) is 0 Å². The fourth-order valence-corrected chi connectivity index (χ4v) is 2.21. The Morgan fingerprint density at radius 2 is 1.96 bits per heavy atom. The maximum absolute atomic E-state index is 12.1. The van der Waals surface area contributed by atoms with E-state index >= 15 is 0 Å². The number of carbonyl (C=O) groups excluding carboxylic acids is 1. The van der Waals surface area contributed by atoms with E-state index in [9.17, 15) is 4.79 Å². The minimum Gasteiger partial charge on any atom is -0.386 e. The molecule has 2 aromatic carbocycles. The van der Waals surface area contributed by atoms with Crippen molar-refractivity contribution in [2.24, 2.45) is 0 Å². The van der Waals surface area contributed by atoms with E-state index in [1.54, 1.807) is 36.4 Å². The molecule has 1 amide bonds. The van der Waals surface area contributed by atoms with Gasteiger partial charge in [0.15, 0.2) is 0 Å². The third kappa shape index (κ3) is 5.03. The normalized spacial score (nSPS) is 10.7. The van der Waals surface area contributed by atoms with Gasteiger partial charge in [-0.3, -0.25) is 4.79 Å². The van der Waals surface area contributed by atoms with Crippen LogP contribution in [0.1, 0.15) is 5.56 Å². The number of benzene rings is 2. The summed E-state index contributed by atoms with van der Waals surface area (Å²) < 4.78 is 0. The minimum absolute atomic E-state index is 0.0491. The second-order valence-electron chi connectivity index (χ2n) is 4.61. The van der Waals surface area contributed by atoms with Gasteiger partial charge in [0.1, 0.15) is 11.6 Å². The molecule has 2 rings (SSSR count). The van der Waals surface area contributed by atoms with Crippen LogP contribution in [0.5, 0.6) is 0 Å². The lowest BCUT2D eigenvalue weighted by Gasteiger charge is -2.07. The highest BCUT2D eigenvalue weighted by atomic mass is 35.5. The maximum Gasteiger partial charge on any atom is 0.267 e. The molecule has 116 valence electrons. The highest BCUT2D eigenvalue weighted by Gasteiger charge is 2.10. The van der Waals surface area contributed by atoms with E-state index in [2.05, 4.69) is 10.6 Å². The Balaban J connectivity index is 2.00. The summed E-state index contributed by atoms with van der Waals surface area (Å²) in [4.78, 5) is 12.1. The van der Waals surface area contributed by atoms with Crippen molar-refractivity contribution >= 4 is 34.8 Å². The van der Waals surface area contributed by atoms with Crippen LogP contribution in [0.3, 0.4) is 0 Å². The number of hydrogen-bond donors (Lipinski definition) is 2. The van der Waals surface area contributed by atoms with Crippen LogP contribution in [0.25, 0.3) is 0 Å².